The summed E-state index contributed by atoms with van der Waals surface area (Å²) in [5, 5.41) is 17.0. The van der Waals surface area contributed by atoms with Crippen LogP contribution in [-0.2, 0) is 4.79 Å². The number of allylic oxidation sites excluding steroid dienone is 2. The minimum absolute atomic E-state index is 0.00880. The number of hydrogen-bond donors (Lipinski definition) is 2. The lowest BCUT2D eigenvalue weighted by Crippen LogP contribution is -2.38. The van der Waals surface area contributed by atoms with Crippen molar-refractivity contribution in [3.8, 4) is 0 Å². The van der Waals surface area contributed by atoms with E-state index in [0.717, 1.165) is 0 Å². The molecule has 0 aromatic carbocycles. The van der Waals surface area contributed by atoms with Gasteiger partial charge in [0, 0.05) is 12.2 Å². The highest BCUT2D eigenvalue weighted by Crippen LogP contribution is 2.35. The first-order valence-electron chi connectivity index (χ1n) is 3.24. The standard InChI is InChI=1S/C7H5F3O3/c8-3-1-4(9)5(6(11)12)7(10,13)2-3/h1-2,5,13H,(H,11,12). The number of aliphatic carboxylic acids is 1. The van der Waals surface area contributed by atoms with E-state index in [4.69, 9.17) is 10.2 Å². The van der Waals surface area contributed by atoms with Crippen molar-refractivity contribution < 1.29 is 28.2 Å². The van der Waals surface area contributed by atoms with E-state index >= 15 is 0 Å². The number of carbonyl (C=O) groups is 1. The molecule has 0 heterocycles. The summed E-state index contributed by atoms with van der Waals surface area (Å²) < 4.78 is 37.8. The number of alkyl halides is 1. The van der Waals surface area contributed by atoms with E-state index in [-0.39, 0.29) is 12.2 Å². The van der Waals surface area contributed by atoms with Crippen LogP contribution in [-0.4, -0.2) is 22.0 Å². The highest BCUT2D eigenvalue weighted by Gasteiger charge is 2.46. The molecule has 0 aromatic heterocycles. The Morgan fingerprint density at radius 2 is 2.08 bits per heavy atom. The second-order valence-electron chi connectivity index (χ2n) is 2.56. The quantitative estimate of drug-likeness (QED) is 0.656. The van der Waals surface area contributed by atoms with Crippen molar-refractivity contribution in [1.29, 1.82) is 0 Å². The Bertz CT molecular complexity index is 306. The molecule has 0 amide bonds. The third-order valence-electron chi connectivity index (χ3n) is 1.54. The minimum atomic E-state index is -3.52. The molecule has 0 saturated carbocycles. The summed E-state index contributed by atoms with van der Waals surface area (Å²) in [4.78, 5) is 10.3. The van der Waals surface area contributed by atoms with E-state index in [1.165, 1.54) is 0 Å². The summed E-state index contributed by atoms with van der Waals surface area (Å²) in [6.45, 7) is 0. The fraction of sp³-hybridized carbons (Fsp3) is 0.286. The monoisotopic (exact) mass is 194 g/mol. The van der Waals surface area contributed by atoms with Crippen LogP contribution in [0.25, 0.3) is 0 Å². The molecule has 0 saturated heterocycles. The number of hydrogen-bond acceptors (Lipinski definition) is 2. The van der Waals surface area contributed by atoms with E-state index in [1.54, 1.807) is 0 Å². The summed E-state index contributed by atoms with van der Waals surface area (Å²) in [5.41, 5.74) is 0. The topological polar surface area (TPSA) is 57.5 Å². The molecular weight excluding hydrogens is 189 g/mol. The molecule has 2 unspecified atom stereocenters. The van der Waals surface area contributed by atoms with Gasteiger partial charge in [-0.15, -0.1) is 0 Å². The van der Waals surface area contributed by atoms with Gasteiger partial charge >= 0.3 is 5.97 Å². The zero-order chi connectivity index (χ0) is 10.2. The van der Waals surface area contributed by atoms with Gasteiger partial charge in [-0.1, -0.05) is 0 Å². The van der Waals surface area contributed by atoms with Crippen molar-refractivity contribution in [1.82, 2.24) is 0 Å². The molecule has 0 spiro atoms. The highest BCUT2D eigenvalue weighted by molar-refractivity contribution is 5.75. The fourth-order valence-corrected chi connectivity index (χ4v) is 1.02. The summed E-state index contributed by atoms with van der Waals surface area (Å²) in [6.07, 6.45) is 0.224. The number of carboxylic acid groups (broad SMARTS) is 1. The molecule has 0 radical (unpaired) electrons. The van der Waals surface area contributed by atoms with Gasteiger partial charge < -0.3 is 10.2 Å². The van der Waals surface area contributed by atoms with Crippen LogP contribution in [0.15, 0.2) is 23.8 Å². The van der Waals surface area contributed by atoms with Crippen molar-refractivity contribution in [2.75, 3.05) is 0 Å². The molecular formula is C7H5F3O3. The van der Waals surface area contributed by atoms with Gasteiger partial charge in [0.2, 0.25) is 5.85 Å². The van der Waals surface area contributed by atoms with Crippen LogP contribution < -0.4 is 0 Å². The number of aliphatic hydroxyl groups is 1. The number of halogens is 3. The Balaban J connectivity index is 3.12. The Morgan fingerprint density at radius 3 is 2.46 bits per heavy atom. The maximum Gasteiger partial charge on any atom is 0.319 e. The molecule has 3 nitrogen and oxygen atoms in total. The van der Waals surface area contributed by atoms with Gasteiger partial charge in [-0.25, -0.2) is 13.2 Å². The van der Waals surface area contributed by atoms with E-state index < -0.39 is 29.4 Å². The minimum Gasteiger partial charge on any atom is -0.481 e. The molecule has 2 N–H and O–H groups in total. The second kappa shape index (κ2) is 2.88. The number of rotatable bonds is 1. The van der Waals surface area contributed by atoms with E-state index in [0.29, 0.717) is 0 Å². The van der Waals surface area contributed by atoms with Crippen LogP contribution in [0.4, 0.5) is 13.2 Å². The lowest BCUT2D eigenvalue weighted by atomic mass is 9.94. The Kier molecular flexibility index (Phi) is 2.17. The summed E-state index contributed by atoms with van der Waals surface area (Å²) in [6, 6.07) is 0. The lowest BCUT2D eigenvalue weighted by molar-refractivity contribution is -0.159. The molecule has 1 aliphatic rings. The van der Waals surface area contributed by atoms with Gasteiger partial charge in [0.1, 0.15) is 11.7 Å². The normalized spacial score (nSPS) is 33.7. The predicted molar refractivity (Wildman–Crippen MR) is 35.6 cm³/mol. The van der Waals surface area contributed by atoms with E-state index in [1.807, 2.05) is 0 Å². The van der Waals surface area contributed by atoms with Crippen molar-refractivity contribution in [3.63, 3.8) is 0 Å². The smallest absolute Gasteiger partial charge is 0.319 e. The van der Waals surface area contributed by atoms with Crippen molar-refractivity contribution in [2.45, 2.75) is 5.85 Å². The number of carboxylic acids is 1. The average Bonchev–Trinajstić information content (AvgIpc) is 1.78. The SMILES string of the molecule is O=C(O)C1C(F)=CC(F)=CC1(O)F. The van der Waals surface area contributed by atoms with Gasteiger partial charge in [0.15, 0.2) is 5.92 Å². The lowest BCUT2D eigenvalue weighted by Gasteiger charge is -2.23. The maximum atomic E-state index is 12.9. The summed E-state index contributed by atoms with van der Waals surface area (Å²) >= 11 is 0. The third kappa shape index (κ3) is 1.72. The molecule has 0 fully saturated rings. The molecule has 72 valence electrons. The predicted octanol–water partition coefficient (Wildman–Crippen LogP) is 1.07. The molecule has 0 aliphatic heterocycles. The Morgan fingerprint density at radius 1 is 1.54 bits per heavy atom. The molecule has 0 bridgehead atoms. The molecule has 6 heteroatoms. The van der Waals surface area contributed by atoms with Crippen LogP contribution in [0.2, 0.25) is 0 Å². The molecule has 1 aliphatic carbocycles. The fourth-order valence-electron chi connectivity index (χ4n) is 1.02. The first kappa shape index (κ1) is 9.79. The van der Waals surface area contributed by atoms with Crippen molar-refractivity contribution in [3.05, 3.63) is 23.8 Å². The first-order chi connectivity index (χ1) is 5.84. The molecule has 0 aromatic rings. The summed E-state index contributed by atoms with van der Waals surface area (Å²) in [5.74, 6) is -10.7. The van der Waals surface area contributed by atoms with Crippen molar-refractivity contribution >= 4 is 5.97 Å². The summed E-state index contributed by atoms with van der Waals surface area (Å²) in [7, 11) is 0. The van der Waals surface area contributed by atoms with E-state index in [2.05, 4.69) is 0 Å². The van der Waals surface area contributed by atoms with Gasteiger partial charge in [-0.3, -0.25) is 4.79 Å². The van der Waals surface area contributed by atoms with Gasteiger partial charge in [0.25, 0.3) is 0 Å². The zero-order valence-corrected chi connectivity index (χ0v) is 6.17. The average molecular weight is 194 g/mol. The Hall–Kier alpha value is -1.30. The van der Waals surface area contributed by atoms with Crippen molar-refractivity contribution in [2.24, 2.45) is 5.92 Å². The van der Waals surface area contributed by atoms with Gasteiger partial charge in [-0.05, 0) is 0 Å². The van der Waals surface area contributed by atoms with Crippen LogP contribution >= 0.6 is 0 Å². The molecule has 2 atom stereocenters. The van der Waals surface area contributed by atoms with Crippen LogP contribution in [0, 0.1) is 5.92 Å². The maximum absolute atomic E-state index is 12.9. The zero-order valence-electron chi connectivity index (χ0n) is 6.17. The Labute approximate surface area is 70.8 Å². The van der Waals surface area contributed by atoms with Crippen LogP contribution in [0.5, 0.6) is 0 Å². The molecule has 13 heavy (non-hydrogen) atoms. The van der Waals surface area contributed by atoms with Crippen LogP contribution in [0.1, 0.15) is 0 Å². The van der Waals surface area contributed by atoms with Gasteiger partial charge in [-0.2, -0.15) is 0 Å². The highest BCUT2D eigenvalue weighted by atomic mass is 19.2. The van der Waals surface area contributed by atoms with Gasteiger partial charge in [0.05, 0.1) is 0 Å². The molecule has 1 rings (SSSR count). The largest absolute Gasteiger partial charge is 0.481 e. The van der Waals surface area contributed by atoms with E-state index in [9.17, 15) is 18.0 Å². The third-order valence-corrected chi connectivity index (χ3v) is 1.54. The first-order valence-corrected chi connectivity index (χ1v) is 3.24. The van der Waals surface area contributed by atoms with Crippen LogP contribution in [0.3, 0.4) is 0 Å². The second-order valence-corrected chi connectivity index (χ2v) is 2.56.